The van der Waals surface area contributed by atoms with E-state index < -0.39 is 9.84 Å². The number of anilines is 1. The zero-order valence-corrected chi connectivity index (χ0v) is 24.9. The fourth-order valence-electron chi connectivity index (χ4n) is 4.66. The highest BCUT2D eigenvalue weighted by Crippen LogP contribution is 2.30. The van der Waals surface area contributed by atoms with Gasteiger partial charge in [0, 0.05) is 4.47 Å². The second-order valence-corrected chi connectivity index (χ2v) is 12.7. The van der Waals surface area contributed by atoms with Gasteiger partial charge in [0.2, 0.25) is 5.95 Å². The third-order valence-electron chi connectivity index (χ3n) is 6.78. The molecule has 1 fully saturated rings. The van der Waals surface area contributed by atoms with Gasteiger partial charge in [0.1, 0.15) is 11.3 Å². The predicted molar refractivity (Wildman–Crippen MR) is 160 cm³/mol. The van der Waals surface area contributed by atoms with Crippen LogP contribution in [0.15, 0.2) is 64.0 Å². The number of likely N-dealkylation sites (tertiary alicyclic amines) is 1. The highest BCUT2D eigenvalue weighted by atomic mass is 79.9. The first-order chi connectivity index (χ1) is 18.7. The van der Waals surface area contributed by atoms with E-state index >= 15 is 0 Å². The van der Waals surface area contributed by atoms with Crippen molar-refractivity contribution in [1.29, 1.82) is 0 Å². The van der Waals surface area contributed by atoms with Crippen LogP contribution in [0.25, 0.3) is 22.2 Å². The number of hydrogen-bond donors (Lipinski definition) is 1. The maximum absolute atomic E-state index is 12.1. The average molecular weight is 613 g/mol. The van der Waals surface area contributed by atoms with Crippen LogP contribution in [-0.2, 0) is 9.84 Å². The number of aryl methyl sites for hydroxylation is 2. The molecule has 1 saturated heterocycles. The Bertz CT molecular complexity index is 1540. The summed E-state index contributed by atoms with van der Waals surface area (Å²) >= 11 is 3.31. The number of nitrogens with zero attached hydrogens (tertiary/aromatic N) is 4. The Kier molecular flexibility index (Phi) is 9.53. The van der Waals surface area contributed by atoms with Crippen molar-refractivity contribution in [3.8, 4) is 16.9 Å². The van der Waals surface area contributed by atoms with E-state index in [0.717, 1.165) is 64.0 Å². The van der Waals surface area contributed by atoms with Crippen LogP contribution in [0.4, 0.5) is 5.95 Å². The maximum Gasteiger partial charge on any atom is 0.240 e. The highest BCUT2D eigenvalue weighted by molar-refractivity contribution is 9.10. The summed E-state index contributed by atoms with van der Waals surface area (Å²) in [4.78, 5) is 7.01. The zero-order valence-electron chi connectivity index (χ0n) is 22.5. The molecule has 4 aromatic rings. The molecule has 0 aliphatic carbocycles. The van der Waals surface area contributed by atoms with Crippen LogP contribution in [0.5, 0.6) is 5.75 Å². The van der Waals surface area contributed by atoms with Crippen LogP contribution in [0.3, 0.4) is 0 Å². The van der Waals surface area contributed by atoms with Crippen molar-refractivity contribution in [2.24, 2.45) is 0 Å². The largest absolute Gasteiger partial charge is 0.497 e. The number of aromatic nitrogens is 3. The van der Waals surface area contributed by atoms with Crippen LogP contribution in [0.2, 0.25) is 0 Å². The van der Waals surface area contributed by atoms with Gasteiger partial charge in [0.25, 0.3) is 0 Å². The van der Waals surface area contributed by atoms with Gasteiger partial charge in [0.15, 0.2) is 9.84 Å². The van der Waals surface area contributed by atoms with Crippen LogP contribution in [0.1, 0.15) is 30.4 Å². The van der Waals surface area contributed by atoms with Crippen molar-refractivity contribution in [2.45, 2.75) is 38.0 Å². The van der Waals surface area contributed by atoms with Gasteiger partial charge in [-0.05, 0) is 124 Å². The minimum Gasteiger partial charge on any atom is -0.497 e. The summed E-state index contributed by atoms with van der Waals surface area (Å²) < 4.78 is 30.4. The average Bonchev–Trinajstić information content (AvgIpc) is 3.43. The molecular formula is C29H34BrN5O3S. The Balaban J connectivity index is 0.000000183. The number of nitrogens with two attached hydrogens (primary N) is 1. The van der Waals surface area contributed by atoms with Crippen molar-refractivity contribution >= 4 is 42.7 Å². The van der Waals surface area contributed by atoms with Gasteiger partial charge in [-0.25, -0.2) is 13.4 Å². The number of ether oxygens (including phenoxy) is 1. The molecule has 1 aliphatic rings. The van der Waals surface area contributed by atoms with E-state index in [-0.39, 0.29) is 11.7 Å². The van der Waals surface area contributed by atoms with Crippen LogP contribution < -0.4 is 10.5 Å². The summed E-state index contributed by atoms with van der Waals surface area (Å²) in [5.74, 6) is 1.26. The SMILES string of the molecule is COc1ccc(C)c(-c2cc(C)c3nc(N)nnc3c2)c1.O=S(=O)(CCCN1CCCC1)c1ccc(Br)cc1. The summed E-state index contributed by atoms with van der Waals surface area (Å²) in [7, 11) is -1.45. The molecule has 1 aliphatic heterocycles. The number of methoxy groups -OCH3 is 1. The molecule has 0 unspecified atom stereocenters. The van der Waals surface area contributed by atoms with Gasteiger partial charge in [-0.15, -0.1) is 10.2 Å². The Morgan fingerprint density at radius 2 is 1.69 bits per heavy atom. The van der Waals surface area contributed by atoms with E-state index in [0.29, 0.717) is 4.90 Å². The van der Waals surface area contributed by atoms with Crippen molar-refractivity contribution in [2.75, 3.05) is 38.2 Å². The molecule has 8 nitrogen and oxygen atoms in total. The van der Waals surface area contributed by atoms with Gasteiger partial charge >= 0.3 is 0 Å². The molecule has 0 spiro atoms. The number of halogens is 1. The molecule has 0 bridgehead atoms. The van der Waals surface area contributed by atoms with E-state index in [1.54, 1.807) is 31.4 Å². The lowest BCUT2D eigenvalue weighted by Gasteiger charge is -2.14. The second kappa shape index (κ2) is 12.8. The molecule has 5 rings (SSSR count). The monoisotopic (exact) mass is 611 g/mol. The standard InChI is InChI=1S/C16H16N4O.C13H18BrNO2S/c1-9-4-5-12(21-3)8-13(9)11-6-10(2)15-14(7-11)19-20-16(17)18-15;14-12-4-6-13(7-5-12)18(16,17)11-3-10-15-8-1-2-9-15/h4-8H,1-3H3,(H2,17,18,20);4-7H,1-3,8-11H2. The third kappa shape index (κ3) is 7.52. The van der Waals surface area contributed by atoms with Gasteiger partial charge < -0.3 is 15.4 Å². The summed E-state index contributed by atoms with van der Waals surface area (Å²) in [6.07, 6.45) is 3.22. The van der Waals surface area contributed by atoms with Gasteiger partial charge in [-0.1, -0.05) is 22.0 Å². The molecule has 10 heteroatoms. The molecule has 0 radical (unpaired) electrons. The number of benzene rings is 3. The number of fused-ring (bicyclic) bond motifs is 1. The molecule has 0 amide bonds. The highest BCUT2D eigenvalue weighted by Gasteiger charge is 2.16. The molecule has 206 valence electrons. The predicted octanol–water partition coefficient (Wildman–Crippen LogP) is 5.61. The first-order valence-electron chi connectivity index (χ1n) is 12.9. The van der Waals surface area contributed by atoms with Crippen molar-refractivity contribution < 1.29 is 13.2 Å². The zero-order chi connectivity index (χ0) is 28.0. The normalized spacial score (nSPS) is 13.7. The quantitative estimate of drug-likeness (QED) is 0.287. The van der Waals surface area contributed by atoms with Gasteiger partial charge in [-0.3, -0.25) is 0 Å². The van der Waals surface area contributed by atoms with E-state index in [1.165, 1.54) is 18.4 Å². The molecule has 2 N–H and O–H groups in total. The number of nitrogen functional groups attached to an aromatic ring is 1. The molecular weight excluding hydrogens is 578 g/mol. The molecule has 0 atom stereocenters. The smallest absolute Gasteiger partial charge is 0.240 e. The van der Waals surface area contributed by atoms with E-state index in [9.17, 15) is 8.42 Å². The molecule has 39 heavy (non-hydrogen) atoms. The summed E-state index contributed by atoms with van der Waals surface area (Å²) in [6, 6.07) is 16.9. The van der Waals surface area contributed by atoms with Crippen LogP contribution >= 0.6 is 15.9 Å². The maximum atomic E-state index is 12.1. The number of rotatable bonds is 7. The fraction of sp³-hybridized carbons (Fsp3) is 0.345. The Hall–Kier alpha value is -3.08. The van der Waals surface area contributed by atoms with Crippen LogP contribution in [0, 0.1) is 13.8 Å². The minimum absolute atomic E-state index is 0.191. The molecule has 2 heterocycles. The third-order valence-corrected chi connectivity index (χ3v) is 9.13. The van der Waals surface area contributed by atoms with Gasteiger partial charge in [0.05, 0.1) is 23.3 Å². The van der Waals surface area contributed by atoms with E-state index in [4.69, 9.17) is 10.5 Å². The first-order valence-corrected chi connectivity index (χ1v) is 15.4. The van der Waals surface area contributed by atoms with Gasteiger partial charge in [-0.2, -0.15) is 0 Å². The molecule has 1 aromatic heterocycles. The Morgan fingerprint density at radius 1 is 0.974 bits per heavy atom. The van der Waals surface area contributed by atoms with Crippen LogP contribution in [-0.4, -0.2) is 61.0 Å². The fourth-order valence-corrected chi connectivity index (χ4v) is 6.22. The lowest BCUT2D eigenvalue weighted by atomic mass is 9.98. The summed E-state index contributed by atoms with van der Waals surface area (Å²) in [5, 5.41) is 7.96. The topological polar surface area (TPSA) is 111 Å². The Labute approximate surface area is 238 Å². The van der Waals surface area contributed by atoms with E-state index in [1.807, 2.05) is 31.2 Å². The summed E-state index contributed by atoms with van der Waals surface area (Å²) in [5.41, 5.74) is 11.5. The lowest BCUT2D eigenvalue weighted by molar-refractivity contribution is 0.340. The second-order valence-electron chi connectivity index (χ2n) is 9.69. The number of sulfone groups is 1. The summed E-state index contributed by atoms with van der Waals surface area (Å²) in [6.45, 7) is 7.21. The van der Waals surface area contributed by atoms with E-state index in [2.05, 4.69) is 49.0 Å². The Morgan fingerprint density at radius 3 is 2.38 bits per heavy atom. The minimum atomic E-state index is -3.12. The van der Waals surface area contributed by atoms with Crippen molar-refractivity contribution in [3.05, 3.63) is 70.2 Å². The van der Waals surface area contributed by atoms with Crippen molar-refractivity contribution in [3.63, 3.8) is 0 Å². The molecule has 3 aromatic carbocycles. The number of hydrogen-bond acceptors (Lipinski definition) is 8. The van der Waals surface area contributed by atoms with Crippen molar-refractivity contribution in [1.82, 2.24) is 20.1 Å². The molecule has 0 saturated carbocycles. The lowest BCUT2D eigenvalue weighted by Crippen LogP contribution is -2.22. The first kappa shape index (κ1) is 28.9.